The van der Waals surface area contributed by atoms with Crippen LogP contribution < -0.4 is 4.72 Å². The van der Waals surface area contributed by atoms with E-state index >= 15 is 0 Å². The summed E-state index contributed by atoms with van der Waals surface area (Å²) in [5, 5.41) is 9.01. The van der Waals surface area contributed by atoms with Gasteiger partial charge in [0.15, 0.2) is 0 Å². The first kappa shape index (κ1) is 15.7. The van der Waals surface area contributed by atoms with Gasteiger partial charge in [-0.25, -0.2) is 17.6 Å². The number of anilines is 1. The third-order valence-electron chi connectivity index (χ3n) is 2.57. The molecule has 0 aliphatic heterocycles. The predicted octanol–water partition coefficient (Wildman–Crippen LogP) is 2.93. The van der Waals surface area contributed by atoms with Crippen molar-refractivity contribution in [2.75, 3.05) is 4.72 Å². The molecule has 0 atom stereocenters. The Morgan fingerprint density at radius 2 is 1.76 bits per heavy atom. The van der Waals surface area contributed by atoms with Crippen molar-refractivity contribution < 1.29 is 22.7 Å². The molecule has 0 aromatic heterocycles. The van der Waals surface area contributed by atoms with Crippen molar-refractivity contribution in [3.05, 3.63) is 57.4 Å². The van der Waals surface area contributed by atoms with Gasteiger partial charge in [-0.1, -0.05) is 0 Å². The molecule has 0 spiro atoms. The summed E-state index contributed by atoms with van der Waals surface area (Å²) < 4.78 is 39.8. The molecule has 2 N–H and O–H groups in total. The number of benzene rings is 2. The number of carboxylic acid groups (broad SMARTS) is 1. The minimum atomic E-state index is -3.94. The maximum atomic E-state index is 12.8. The van der Waals surface area contributed by atoms with Crippen molar-refractivity contribution in [3.63, 3.8) is 0 Å². The molecular weight excluding hydrogens is 412 g/mol. The maximum absolute atomic E-state index is 12.8. The molecule has 0 saturated carbocycles. The second-order valence-electron chi connectivity index (χ2n) is 4.06. The summed E-state index contributed by atoms with van der Waals surface area (Å²) in [5.41, 5.74) is 0.0874. The Morgan fingerprint density at radius 1 is 1.14 bits per heavy atom. The zero-order valence-corrected chi connectivity index (χ0v) is 13.4. The average molecular weight is 421 g/mol. The van der Waals surface area contributed by atoms with Crippen LogP contribution in [0.15, 0.2) is 47.4 Å². The smallest absolute Gasteiger partial charge is 0.336 e. The molecule has 2 aromatic carbocycles. The normalized spacial score (nSPS) is 11.1. The van der Waals surface area contributed by atoms with E-state index in [1.165, 1.54) is 24.3 Å². The van der Waals surface area contributed by atoms with Crippen LogP contribution in [0.4, 0.5) is 10.1 Å². The van der Waals surface area contributed by atoms with Gasteiger partial charge in [0, 0.05) is 9.26 Å². The van der Waals surface area contributed by atoms with E-state index < -0.39 is 21.8 Å². The Labute approximate surface area is 134 Å². The standard InChI is InChI=1S/C13H9FINO4S/c14-8-1-3-9(4-2-8)16-21(19,20)10-5-6-12(15)11(7-10)13(17)18/h1-7,16H,(H,17,18). The number of sulfonamides is 1. The summed E-state index contributed by atoms with van der Waals surface area (Å²) >= 11 is 1.81. The molecule has 8 heteroatoms. The van der Waals surface area contributed by atoms with E-state index in [1.54, 1.807) is 0 Å². The number of halogens is 2. The maximum Gasteiger partial charge on any atom is 0.336 e. The van der Waals surface area contributed by atoms with Gasteiger partial charge < -0.3 is 5.11 Å². The van der Waals surface area contributed by atoms with Crippen LogP contribution in [0, 0.1) is 9.39 Å². The SMILES string of the molecule is O=C(O)c1cc(S(=O)(=O)Nc2ccc(F)cc2)ccc1I. The van der Waals surface area contributed by atoms with Gasteiger partial charge >= 0.3 is 5.97 Å². The Balaban J connectivity index is 2.38. The van der Waals surface area contributed by atoms with Crippen LogP contribution in [0.2, 0.25) is 0 Å². The number of hydrogen-bond donors (Lipinski definition) is 2. The molecule has 0 heterocycles. The average Bonchev–Trinajstić information content (AvgIpc) is 2.41. The third kappa shape index (κ3) is 3.70. The molecule has 5 nitrogen and oxygen atoms in total. The van der Waals surface area contributed by atoms with Crippen molar-refractivity contribution >= 4 is 44.3 Å². The van der Waals surface area contributed by atoms with Crippen molar-refractivity contribution in [3.8, 4) is 0 Å². The predicted molar refractivity (Wildman–Crippen MR) is 83.3 cm³/mol. The van der Waals surface area contributed by atoms with E-state index in [0.29, 0.717) is 3.57 Å². The highest BCUT2D eigenvalue weighted by molar-refractivity contribution is 14.1. The van der Waals surface area contributed by atoms with Gasteiger partial charge in [-0.05, 0) is 65.1 Å². The van der Waals surface area contributed by atoms with Crippen LogP contribution in [0.3, 0.4) is 0 Å². The molecule has 0 amide bonds. The third-order valence-corrected chi connectivity index (χ3v) is 4.89. The Bertz CT molecular complexity index is 790. The first-order valence-electron chi connectivity index (χ1n) is 5.61. The first-order valence-corrected chi connectivity index (χ1v) is 8.17. The monoisotopic (exact) mass is 421 g/mol. The molecule has 2 aromatic rings. The highest BCUT2D eigenvalue weighted by Crippen LogP contribution is 2.21. The van der Waals surface area contributed by atoms with Crippen LogP contribution in [0.1, 0.15) is 10.4 Å². The molecular formula is C13H9FINO4S. The summed E-state index contributed by atoms with van der Waals surface area (Å²) in [5.74, 6) is -1.70. The highest BCUT2D eigenvalue weighted by atomic mass is 127. The Hall–Kier alpha value is -1.68. The Kier molecular flexibility index (Phi) is 4.47. The first-order chi connectivity index (χ1) is 9.79. The minimum Gasteiger partial charge on any atom is -0.478 e. The van der Waals surface area contributed by atoms with Crippen molar-refractivity contribution in [2.24, 2.45) is 0 Å². The van der Waals surface area contributed by atoms with E-state index in [1.807, 2.05) is 22.6 Å². The summed E-state index contributed by atoms with van der Waals surface area (Å²) in [6, 6.07) is 8.58. The second-order valence-corrected chi connectivity index (χ2v) is 6.90. The molecule has 0 aliphatic carbocycles. The van der Waals surface area contributed by atoms with Gasteiger partial charge in [0.2, 0.25) is 0 Å². The van der Waals surface area contributed by atoms with Gasteiger partial charge in [-0.15, -0.1) is 0 Å². The Morgan fingerprint density at radius 3 is 2.33 bits per heavy atom. The molecule has 0 unspecified atom stereocenters. The highest BCUT2D eigenvalue weighted by Gasteiger charge is 2.18. The topological polar surface area (TPSA) is 83.5 Å². The summed E-state index contributed by atoms with van der Waals surface area (Å²) in [6.07, 6.45) is 0. The largest absolute Gasteiger partial charge is 0.478 e. The van der Waals surface area contributed by atoms with E-state index in [4.69, 9.17) is 5.11 Å². The van der Waals surface area contributed by atoms with Gasteiger partial charge in [-0.2, -0.15) is 0 Å². The summed E-state index contributed by atoms with van der Waals surface area (Å²) in [4.78, 5) is 10.9. The zero-order chi connectivity index (χ0) is 15.6. The van der Waals surface area contributed by atoms with Gasteiger partial charge in [0.25, 0.3) is 10.0 Å². The van der Waals surface area contributed by atoms with E-state index in [2.05, 4.69) is 4.72 Å². The van der Waals surface area contributed by atoms with Crippen LogP contribution in [0.25, 0.3) is 0 Å². The fourth-order valence-electron chi connectivity index (χ4n) is 1.57. The number of rotatable bonds is 4. The fourth-order valence-corrected chi connectivity index (χ4v) is 3.22. The van der Waals surface area contributed by atoms with E-state index in [-0.39, 0.29) is 16.1 Å². The lowest BCUT2D eigenvalue weighted by Crippen LogP contribution is -2.14. The zero-order valence-electron chi connectivity index (χ0n) is 10.4. The molecule has 110 valence electrons. The van der Waals surface area contributed by atoms with Crippen molar-refractivity contribution in [1.29, 1.82) is 0 Å². The minimum absolute atomic E-state index is 0.0995. The van der Waals surface area contributed by atoms with Crippen LogP contribution in [-0.2, 0) is 10.0 Å². The molecule has 0 saturated heterocycles. The molecule has 0 bridgehead atoms. The molecule has 0 fully saturated rings. The van der Waals surface area contributed by atoms with Crippen LogP contribution in [-0.4, -0.2) is 19.5 Å². The van der Waals surface area contributed by atoms with Gasteiger partial charge in [-0.3, -0.25) is 4.72 Å². The van der Waals surface area contributed by atoms with Crippen molar-refractivity contribution in [1.82, 2.24) is 0 Å². The molecule has 0 radical (unpaired) electrons. The lowest BCUT2D eigenvalue weighted by Gasteiger charge is -2.09. The van der Waals surface area contributed by atoms with Crippen LogP contribution in [0.5, 0.6) is 0 Å². The number of carboxylic acids is 1. The summed E-state index contributed by atoms with van der Waals surface area (Å²) in [6.45, 7) is 0. The van der Waals surface area contributed by atoms with Crippen molar-refractivity contribution in [2.45, 2.75) is 4.90 Å². The summed E-state index contributed by atoms with van der Waals surface area (Å²) in [7, 11) is -3.94. The number of carbonyl (C=O) groups is 1. The fraction of sp³-hybridized carbons (Fsp3) is 0. The second kappa shape index (κ2) is 5.98. The lowest BCUT2D eigenvalue weighted by atomic mass is 10.2. The van der Waals surface area contributed by atoms with Crippen LogP contribution >= 0.6 is 22.6 Å². The number of nitrogens with one attached hydrogen (secondary N) is 1. The van der Waals surface area contributed by atoms with E-state index in [9.17, 15) is 17.6 Å². The lowest BCUT2D eigenvalue weighted by molar-refractivity contribution is 0.0695. The molecule has 2 rings (SSSR count). The van der Waals surface area contributed by atoms with Gasteiger partial charge in [0.1, 0.15) is 5.82 Å². The van der Waals surface area contributed by atoms with Gasteiger partial charge in [0.05, 0.1) is 10.5 Å². The molecule has 21 heavy (non-hydrogen) atoms. The number of aromatic carboxylic acids is 1. The quantitative estimate of drug-likeness (QED) is 0.744. The number of hydrogen-bond acceptors (Lipinski definition) is 3. The van der Waals surface area contributed by atoms with E-state index in [0.717, 1.165) is 18.2 Å². The molecule has 0 aliphatic rings.